The van der Waals surface area contributed by atoms with Gasteiger partial charge >= 0.3 is 0 Å². The van der Waals surface area contributed by atoms with Crippen LogP contribution in [0.25, 0.3) is 0 Å². The van der Waals surface area contributed by atoms with Crippen LogP contribution in [0.5, 0.6) is 0 Å². The van der Waals surface area contributed by atoms with Gasteiger partial charge in [-0.05, 0) is 40.3 Å². The Balaban J connectivity index is 2.17. The maximum atomic E-state index is 5.42. The average molecular weight is 244 g/mol. The second-order valence-corrected chi connectivity index (χ2v) is 5.84. The summed E-state index contributed by atoms with van der Waals surface area (Å²) in [6.45, 7) is 10.8. The largest absolute Gasteiger partial charge is 0.377 e. The summed E-state index contributed by atoms with van der Waals surface area (Å²) in [6, 6.07) is 0. The molecule has 2 unspecified atom stereocenters. The first-order valence-corrected chi connectivity index (χ1v) is 6.49. The Kier molecular flexibility index (Phi) is 5.86. The van der Waals surface area contributed by atoms with Crippen molar-refractivity contribution in [2.24, 2.45) is 0 Å². The first-order chi connectivity index (χ1) is 7.96. The molecule has 1 N–H and O–H groups in total. The Bertz CT molecular complexity index is 204. The zero-order valence-electron chi connectivity index (χ0n) is 12.0. The highest BCUT2D eigenvalue weighted by Gasteiger charge is 2.32. The molecule has 2 atom stereocenters. The number of nitrogens with zero attached hydrogens (tertiary/aromatic N) is 1. The lowest BCUT2D eigenvalue weighted by Crippen LogP contribution is -2.37. The van der Waals surface area contributed by atoms with Gasteiger partial charge in [-0.3, -0.25) is 4.90 Å². The van der Waals surface area contributed by atoms with Crippen LogP contribution >= 0.6 is 0 Å². The molecule has 0 aliphatic carbocycles. The molecule has 0 saturated carbocycles. The van der Waals surface area contributed by atoms with Gasteiger partial charge in [-0.15, -0.1) is 0 Å². The molecule has 1 aliphatic rings. The van der Waals surface area contributed by atoms with Crippen LogP contribution in [-0.2, 0) is 9.47 Å². The van der Waals surface area contributed by atoms with E-state index in [0.29, 0.717) is 0 Å². The lowest BCUT2D eigenvalue weighted by molar-refractivity contribution is -0.00461. The fraction of sp³-hybridized carbons (Fsp3) is 1.00. The van der Waals surface area contributed by atoms with Crippen molar-refractivity contribution in [3.63, 3.8) is 0 Å². The van der Waals surface area contributed by atoms with Gasteiger partial charge < -0.3 is 14.8 Å². The molecule has 1 heterocycles. The smallest absolute Gasteiger partial charge is 0.0971 e. The Morgan fingerprint density at radius 3 is 2.06 bits per heavy atom. The summed E-state index contributed by atoms with van der Waals surface area (Å²) in [4.78, 5) is 2.42. The molecule has 102 valence electrons. The summed E-state index contributed by atoms with van der Waals surface area (Å²) in [5.41, 5.74) is 0.217. The maximum Gasteiger partial charge on any atom is 0.0971 e. The van der Waals surface area contributed by atoms with Gasteiger partial charge in [0.15, 0.2) is 0 Å². The number of hydrogen-bond donors (Lipinski definition) is 1. The van der Waals surface area contributed by atoms with Gasteiger partial charge in [-0.1, -0.05) is 0 Å². The Morgan fingerprint density at radius 1 is 1.12 bits per heavy atom. The van der Waals surface area contributed by atoms with E-state index in [0.717, 1.165) is 26.2 Å². The van der Waals surface area contributed by atoms with E-state index in [9.17, 15) is 0 Å². The van der Waals surface area contributed by atoms with Crippen molar-refractivity contribution in [1.82, 2.24) is 10.2 Å². The third kappa shape index (κ3) is 5.34. The van der Waals surface area contributed by atoms with Crippen LogP contribution < -0.4 is 5.32 Å². The highest BCUT2D eigenvalue weighted by molar-refractivity contribution is 4.85. The third-order valence-corrected chi connectivity index (χ3v) is 3.20. The number of rotatable bonds is 6. The van der Waals surface area contributed by atoms with Gasteiger partial charge in [-0.2, -0.15) is 0 Å². The molecule has 0 bridgehead atoms. The van der Waals surface area contributed by atoms with Gasteiger partial charge in [0.1, 0.15) is 0 Å². The topological polar surface area (TPSA) is 33.7 Å². The van der Waals surface area contributed by atoms with E-state index in [1.54, 1.807) is 14.2 Å². The normalized spacial score (nSPS) is 26.6. The van der Waals surface area contributed by atoms with Crippen LogP contribution in [0.15, 0.2) is 0 Å². The van der Waals surface area contributed by atoms with Gasteiger partial charge in [-0.25, -0.2) is 0 Å². The quantitative estimate of drug-likeness (QED) is 0.710. The van der Waals surface area contributed by atoms with E-state index in [-0.39, 0.29) is 17.7 Å². The van der Waals surface area contributed by atoms with Crippen LogP contribution in [0.1, 0.15) is 27.2 Å². The molecule has 1 saturated heterocycles. The number of hydrogen-bond acceptors (Lipinski definition) is 4. The van der Waals surface area contributed by atoms with Gasteiger partial charge in [0.25, 0.3) is 0 Å². The summed E-state index contributed by atoms with van der Waals surface area (Å²) in [6.07, 6.45) is 1.63. The van der Waals surface area contributed by atoms with E-state index in [2.05, 4.69) is 31.0 Å². The molecule has 1 fully saturated rings. The summed E-state index contributed by atoms with van der Waals surface area (Å²) >= 11 is 0. The lowest BCUT2D eigenvalue weighted by atomic mass is 10.1. The predicted molar refractivity (Wildman–Crippen MR) is 70.4 cm³/mol. The van der Waals surface area contributed by atoms with E-state index >= 15 is 0 Å². The SMILES string of the molecule is COC1CN(CCCNC(C)(C)C)CC1OC. The highest BCUT2D eigenvalue weighted by atomic mass is 16.5. The molecule has 0 aromatic carbocycles. The van der Waals surface area contributed by atoms with Crippen LogP contribution in [-0.4, -0.2) is 63.0 Å². The molecule has 0 aromatic rings. The van der Waals surface area contributed by atoms with Gasteiger partial charge in [0.2, 0.25) is 0 Å². The molecular formula is C13H28N2O2. The molecule has 0 spiro atoms. The molecule has 4 nitrogen and oxygen atoms in total. The fourth-order valence-corrected chi connectivity index (χ4v) is 2.22. The minimum absolute atomic E-state index is 0.217. The maximum absolute atomic E-state index is 5.42. The summed E-state index contributed by atoms with van der Waals surface area (Å²) in [7, 11) is 3.53. The van der Waals surface area contributed by atoms with Gasteiger partial charge in [0, 0.05) is 32.8 Å². The van der Waals surface area contributed by atoms with Crippen LogP contribution in [0.2, 0.25) is 0 Å². The van der Waals surface area contributed by atoms with Crippen LogP contribution in [0.3, 0.4) is 0 Å². The molecule has 17 heavy (non-hydrogen) atoms. The summed E-state index contributed by atoms with van der Waals surface area (Å²) in [5, 5.41) is 3.51. The van der Waals surface area contributed by atoms with Crippen molar-refractivity contribution < 1.29 is 9.47 Å². The standard InChI is InChI=1S/C13H28N2O2/c1-13(2,3)14-7-6-8-15-9-11(16-4)12(10-15)17-5/h11-12,14H,6-10H2,1-5H3. The fourth-order valence-electron chi connectivity index (χ4n) is 2.22. The Hall–Kier alpha value is -0.160. The molecule has 0 amide bonds. The average Bonchev–Trinajstić information content (AvgIpc) is 2.65. The highest BCUT2D eigenvalue weighted by Crippen LogP contribution is 2.15. The van der Waals surface area contributed by atoms with E-state index in [4.69, 9.17) is 9.47 Å². The van der Waals surface area contributed by atoms with Crippen molar-refractivity contribution in [1.29, 1.82) is 0 Å². The molecule has 4 heteroatoms. The predicted octanol–water partition coefficient (Wildman–Crippen LogP) is 1.11. The van der Waals surface area contributed by atoms with E-state index < -0.39 is 0 Å². The van der Waals surface area contributed by atoms with Crippen molar-refractivity contribution >= 4 is 0 Å². The number of methoxy groups -OCH3 is 2. The summed E-state index contributed by atoms with van der Waals surface area (Å²) in [5.74, 6) is 0. The minimum Gasteiger partial charge on any atom is -0.377 e. The van der Waals surface area contributed by atoms with Crippen molar-refractivity contribution in [2.75, 3.05) is 40.4 Å². The van der Waals surface area contributed by atoms with Crippen molar-refractivity contribution in [3.8, 4) is 0 Å². The van der Waals surface area contributed by atoms with Crippen molar-refractivity contribution in [3.05, 3.63) is 0 Å². The number of nitrogens with one attached hydrogen (secondary N) is 1. The minimum atomic E-state index is 0.217. The Morgan fingerprint density at radius 2 is 1.65 bits per heavy atom. The molecular weight excluding hydrogens is 216 g/mol. The second-order valence-electron chi connectivity index (χ2n) is 5.84. The van der Waals surface area contributed by atoms with E-state index in [1.165, 1.54) is 6.42 Å². The zero-order chi connectivity index (χ0) is 12.9. The van der Waals surface area contributed by atoms with E-state index in [1.807, 2.05) is 0 Å². The van der Waals surface area contributed by atoms with Crippen LogP contribution in [0, 0.1) is 0 Å². The van der Waals surface area contributed by atoms with Crippen LogP contribution in [0.4, 0.5) is 0 Å². The Labute approximate surface area is 106 Å². The first-order valence-electron chi connectivity index (χ1n) is 6.49. The zero-order valence-corrected chi connectivity index (χ0v) is 12.0. The summed E-state index contributed by atoms with van der Waals surface area (Å²) < 4.78 is 10.8. The molecule has 1 rings (SSSR count). The molecule has 0 radical (unpaired) electrons. The first kappa shape index (κ1) is 14.9. The molecule has 0 aromatic heterocycles. The number of ether oxygens (including phenoxy) is 2. The second kappa shape index (κ2) is 6.69. The molecule has 1 aliphatic heterocycles. The lowest BCUT2D eigenvalue weighted by Gasteiger charge is -2.22. The number of likely N-dealkylation sites (tertiary alicyclic amines) is 1. The van der Waals surface area contributed by atoms with Crippen molar-refractivity contribution in [2.45, 2.75) is 44.9 Å². The monoisotopic (exact) mass is 244 g/mol. The third-order valence-electron chi connectivity index (χ3n) is 3.20. The van der Waals surface area contributed by atoms with Gasteiger partial charge in [0.05, 0.1) is 12.2 Å².